The number of rotatable bonds is 7. The van der Waals surface area contributed by atoms with Crippen LogP contribution in [0.1, 0.15) is 18.4 Å². The van der Waals surface area contributed by atoms with Gasteiger partial charge in [-0.2, -0.15) is 0 Å². The number of carbonyl (C=O) groups excluding carboxylic acids is 1. The maximum absolute atomic E-state index is 10.4. The molecule has 1 rings (SSSR count). The molecule has 0 spiro atoms. The summed E-state index contributed by atoms with van der Waals surface area (Å²) in [5.74, 6) is -1.21. The number of phenols is 2. The molecule has 0 bridgehead atoms. The van der Waals surface area contributed by atoms with Crippen molar-refractivity contribution in [1.82, 2.24) is 0 Å². The number of likely N-dealkylation sites (N-methyl/N-ethyl adjacent to an activating group) is 1. The first kappa shape index (κ1) is 15.3. The summed E-state index contributed by atoms with van der Waals surface area (Å²) in [6, 6.07) is 4.91. The molecule has 0 saturated heterocycles. The number of phenolic OH excluding ortho intramolecular Hbond substituents is 2. The van der Waals surface area contributed by atoms with Crippen molar-refractivity contribution in [3.8, 4) is 11.5 Å². The van der Waals surface area contributed by atoms with Gasteiger partial charge in [0.15, 0.2) is 11.5 Å². The van der Waals surface area contributed by atoms with Gasteiger partial charge in [0.1, 0.15) is 0 Å². The molecule has 0 aliphatic heterocycles. The molecule has 5 heteroatoms. The number of hydrogen-bond donors (Lipinski definition) is 2. The van der Waals surface area contributed by atoms with E-state index in [-0.39, 0.29) is 17.9 Å². The number of nitrogens with zero attached hydrogens (tertiary/aromatic N) is 1. The quantitative estimate of drug-likeness (QED) is 0.548. The van der Waals surface area contributed by atoms with Gasteiger partial charge in [-0.1, -0.05) is 12.1 Å². The van der Waals surface area contributed by atoms with Crippen LogP contribution in [0, 0.1) is 0 Å². The zero-order valence-corrected chi connectivity index (χ0v) is 11.4. The van der Waals surface area contributed by atoms with Crippen LogP contribution in [0.25, 0.3) is 0 Å². The van der Waals surface area contributed by atoms with Gasteiger partial charge >= 0.3 is 0 Å². The maximum atomic E-state index is 10.4. The average Bonchev–Trinajstić information content (AvgIpc) is 2.30. The molecule has 106 valence electrons. The van der Waals surface area contributed by atoms with E-state index in [0.717, 1.165) is 13.1 Å². The van der Waals surface area contributed by atoms with Gasteiger partial charge in [-0.25, -0.2) is 0 Å². The van der Waals surface area contributed by atoms with Crippen molar-refractivity contribution >= 4 is 5.97 Å². The summed E-state index contributed by atoms with van der Waals surface area (Å²) < 4.78 is 0.655. The molecule has 0 atom stereocenters. The highest BCUT2D eigenvalue weighted by atomic mass is 16.4. The number of para-hydroxylation sites is 1. The molecule has 0 fully saturated rings. The number of hydrogen-bond acceptors (Lipinski definition) is 4. The molecule has 0 saturated carbocycles. The third kappa shape index (κ3) is 5.18. The lowest BCUT2D eigenvalue weighted by Gasteiger charge is -2.30. The van der Waals surface area contributed by atoms with Crippen molar-refractivity contribution in [3.05, 3.63) is 23.8 Å². The smallest absolute Gasteiger partial charge is 0.160 e. The molecule has 19 heavy (non-hydrogen) atoms. The highest BCUT2D eigenvalue weighted by Gasteiger charge is 2.16. The first-order valence-electron chi connectivity index (χ1n) is 6.33. The predicted molar refractivity (Wildman–Crippen MR) is 69.6 cm³/mol. The van der Waals surface area contributed by atoms with E-state index in [9.17, 15) is 20.1 Å². The molecule has 0 aliphatic carbocycles. The predicted octanol–water partition coefficient (Wildman–Crippen LogP) is 0.247. The van der Waals surface area contributed by atoms with Gasteiger partial charge in [-0.3, -0.25) is 0 Å². The number of carboxylic acid groups (broad SMARTS) is 1. The Kier molecular flexibility index (Phi) is 5.18. The summed E-state index contributed by atoms with van der Waals surface area (Å²) in [5, 5.41) is 29.5. The minimum Gasteiger partial charge on any atom is -0.550 e. The van der Waals surface area contributed by atoms with E-state index in [4.69, 9.17) is 0 Å². The van der Waals surface area contributed by atoms with Gasteiger partial charge in [-0.15, -0.1) is 0 Å². The van der Waals surface area contributed by atoms with E-state index in [1.165, 1.54) is 6.07 Å². The number of aliphatic carboxylic acids is 1. The standard InChI is InChI=1S/C14H21NO4/c1-15(2,9-4-7-13(17)18)10-8-11-5-3-6-12(16)14(11)19/h3,5-6H,4,7-10H2,1-2H3,(H2-,16,17,18,19). The molecule has 0 radical (unpaired) electrons. The van der Waals surface area contributed by atoms with Crippen LogP contribution in [0.4, 0.5) is 0 Å². The maximum Gasteiger partial charge on any atom is 0.160 e. The molecule has 1 aromatic carbocycles. The Labute approximate surface area is 113 Å². The fourth-order valence-electron chi connectivity index (χ4n) is 1.97. The summed E-state index contributed by atoms with van der Waals surface area (Å²) in [7, 11) is 4.02. The Balaban J connectivity index is 2.50. The summed E-state index contributed by atoms with van der Waals surface area (Å²) >= 11 is 0. The first-order valence-corrected chi connectivity index (χ1v) is 6.33. The highest BCUT2D eigenvalue weighted by Crippen LogP contribution is 2.28. The number of quaternary nitrogens is 1. The van der Waals surface area contributed by atoms with Crippen LogP contribution in [-0.4, -0.2) is 47.9 Å². The van der Waals surface area contributed by atoms with Crippen LogP contribution in [0.15, 0.2) is 18.2 Å². The second kappa shape index (κ2) is 6.43. The van der Waals surface area contributed by atoms with E-state index >= 15 is 0 Å². The van der Waals surface area contributed by atoms with Crippen molar-refractivity contribution in [2.75, 3.05) is 27.2 Å². The number of carboxylic acids is 1. The van der Waals surface area contributed by atoms with Crippen LogP contribution in [0.3, 0.4) is 0 Å². The molecule has 1 aromatic rings. The molecule has 0 aromatic heterocycles. The van der Waals surface area contributed by atoms with E-state index in [1.807, 2.05) is 14.1 Å². The molecule has 5 nitrogen and oxygen atoms in total. The summed E-state index contributed by atoms with van der Waals surface area (Å²) in [6.45, 7) is 1.48. The molecular formula is C14H21NO4. The number of benzene rings is 1. The Bertz CT molecular complexity index is 443. The van der Waals surface area contributed by atoms with E-state index in [2.05, 4.69) is 0 Å². The number of aromatic hydroxyl groups is 2. The van der Waals surface area contributed by atoms with Crippen molar-refractivity contribution in [2.45, 2.75) is 19.3 Å². The SMILES string of the molecule is C[N+](C)(CCCC(=O)[O-])CCc1cccc(O)c1O. The summed E-state index contributed by atoms with van der Waals surface area (Å²) in [5.41, 5.74) is 0.700. The van der Waals surface area contributed by atoms with Crippen molar-refractivity contribution in [1.29, 1.82) is 0 Å². The molecule has 0 aliphatic rings. The zero-order valence-electron chi connectivity index (χ0n) is 11.4. The summed E-state index contributed by atoms with van der Waals surface area (Å²) in [4.78, 5) is 10.4. The van der Waals surface area contributed by atoms with Crippen LogP contribution in [-0.2, 0) is 11.2 Å². The van der Waals surface area contributed by atoms with Gasteiger partial charge in [0.05, 0.1) is 27.2 Å². The van der Waals surface area contributed by atoms with E-state index in [1.54, 1.807) is 12.1 Å². The average molecular weight is 267 g/mol. The fraction of sp³-hybridized carbons (Fsp3) is 0.500. The second-order valence-corrected chi connectivity index (χ2v) is 5.39. The largest absolute Gasteiger partial charge is 0.550 e. The lowest BCUT2D eigenvalue weighted by molar-refractivity contribution is -0.890. The van der Waals surface area contributed by atoms with E-state index in [0.29, 0.717) is 22.9 Å². The van der Waals surface area contributed by atoms with Gasteiger partial charge in [0.2, 0.25) is 0 Å². The molecule has 2 N–H and O–H groups in total. The van der Waals surface area contributed by atoms with Crippen molar-refractivity contribution < 1.29 is 24.6 Å². The normalized spacial score (nSPS) is 11.5. The van der Waals surface area contributed by atoms with Crippen molar-refractivity contribution in [3.63, 3.8) is 0 Å². The lowest BCUT2D eigenvalue weighted by atomic mass is 10.1. The molecular weight excluding hydrogens is 246 g/mol. The van der Waals surface area contributed by atoms with Crippen molar-refractivity contribution in [2.24, 2.45) is 0 Å². The van der Waals surface area contributed by atoms with Gasteiger partial charge in [-0.05, 0) is 12.5 Å². The Morgan fingerprint density at radius 3 is 2.58 bits per heavy atom. The monoisotopic (exact) mass is 267 g/mol. The third-order valence-electron chi connectivity index (χ3n) is 3.23. The van der Waals surface area contributed by atoms with E-state index < -0.39 is 5.97 Å². The highest BCUT2D eigenvalue weighted by molar-refractivity contribution is 5.64. The molecule has 0 heterocycles. The zero-order chi connectivity index (χ0) is 14.5. The van der Waals surface area contributed by atoms with Crippen LogP contribution < -0.4 is 5.11 Å². The van der Waals surface area contributed by atoms with Crippen LogP contribution in [0.2, 0.25) is 0 Å². The fourth-order valence-corrected chi connectivity index (χ4v) is 1.97. The minimum absolute atomic E-state index is 0.0685. The molecule has 0 unspecified atom stereocenters. The van der Waals surface area contributed by atoms with Gasteiger partial charge in [0.25, 0.3) is 0 Å². The Morgan fingerprint density at radius 1 is 1.26 bits per heavy atom. The van der Waals surface area contributed by atoms with Gasteiger partial charge in [0, 0.05) is 24.4 Å². The lowest BCUT2D eigenvalue weighted by Crippen LogP contribution is -2.42. The topological polar surface area (TPSA) is 80.6 Å². The molecule has 0 amide bonds. The van der Waals surface area contributed by atoms with Crippen LogP contribution in [0.5, 0.6) is 11.5 Å². The Hall–Kier alpha value is -1.75. The third-order valence-corrected chi connectivity index (χ3v) is 3.23. The first-order chi connectivity index (χ1) is 8.82. The summed E-state index contributed by atoms with van der Waals surface area (Å²) in [6.07, 6.45) is 1.26. The van der Waals surface area contributed by atoms with Crippen LogP contribution >= 0.6 is 0 Å². The second-order valence-electron chi connectivity index (χ2n) is 5.39. The Morgan fingerprint density at radius 2 is 1.95 bits per heavy atom. The van der Waals surface area contributed by atoms with Gasteiger partial charge < -0.3 is 24.6 Å². The minimum atomic E-state index is -1.02. The number of carbonyl (C=O) groups is 1.